The lowest BCUT2D eigenvalue weighted by molar-refractivity contribution is 0.0424. The largest absolute Gasteiger partial charge is 0.395 e. The zero-order valence-electron chi connectivity index (χ0n) is 11.6. The molecule has 0 saturated carbocycles. The van der Waals surface area contributed by atoms with Crippen LogP contribution in [0.5, 0.6) is 0 Å². The van der Waals surface area contributed by atoms with Crippen LogP contribution in [0, 0.1) is 0 Å². The molecule has 0 bridgehead atoms. The number of aliphatic hydroxyl groups is 1. The normalized spacial score (nSPS) is 19.1. The topological polar surface area (TPSA) is 75.1 Å². The molecule has 1 rings (SSSR count). The van der Waals surface area contributed by atoms with E-state index in [1.165, 1.54) is 0 Å². The summed E-state index contributed by atoms with van der Waals surface area (Å²) in [7, 11) is 0. The number of hydrogen-bond acceptors (Lipinski definition) is 4. The fraction of sp³-hybridized carbons (Fsp3) is 0.917. The predicted octanol–water partition coefficient (Wildman–Crippen LogP) is 0.347. The molecule has 0 aliphatic carbocycles. The molecular formula is C12H26IN3O3. The van der Waals surface area contributed by atoms with E-state index in [4.69, 9.17) is 14.6 Å². The standard InChI is InChI=1S/C12H25N3O3.HI/c1-2-13-12(15-6-7-16)14-5-3-8-18-11-4-9-17-10-11;/h11,16H,2-10H2,1H3,(H2,13,14,15);1H. The first-order valence-corrected chi connectivity index (χ1v) is 6.69. The van der Waals surface area contributed by atoms with Crippen LogP contribution < -0.4 is 10.6 Å². The lowest BCUT2D eigenvalue weighted by Gasteiger charge is -2.11. The predicted molar refractivity (Wildman–Crippen MR) is 86.3 cm³/mol. The highest BCUT2D eigenvalue weighted by Gasteiger charge is 2.15. The van der Waals surface area contributed by atoms with Crippen molar-refractivity contribution in [1.82, 2.24) is 10.6 Å². The molecule has 1 unspecified atom stereocenters. The van der Waals surface area contributed by atoms with Gasteiger partial charge in [0.25, 0.3) is 0 Å². The number of guanidine groups is 1. The first-order valence-electron chi connectivity index (χ1n) is 6.69. The fourth-order valence-corrected chi connectivity index (χ4v) is 1.67. The van der Waals surface area contributed by atoms with Gasteiger partial charge in [0.2, 0.25) is 0 Å². The van der Waals surface area contributed by atoms with E-state index in [0.29, 0.717) is 13.1 Å². The number of aliphatic hydroxyl groups excluding tert-OH is 1. The van der Waals surface area contributed by atoms with Gasteiger partial charge < -0.3 is 25.2 Å². The molecule has 1 saturated heterocycles. The summed E-state index contributed by atoms with van der Waals surface area (Å²) < 4.78 is 10.9. The van der Waals surface area contributed by atoms with E-state index >= 15 is 0 Å². The number of halogens is 1. The van der Waals surface area contributed by atoms with Gasteiger partial charge in [-0.25, -0.2) is 0 Å². The van der Waals surface area contributed by atoms with E-state index < -0.39 is 0 Å². The van der Waals surface area contributed by atoms with Gasteiger partial charge in [-0.2, -0.15) is 0 Å². The van der Waals surface area contributed by atoms with Crippen LogP contribution in [0.25, 0.3) is 0 Å². The van der Waals surface area contributed by atoms with Crippen molar-refractivity contribution in [3.05, 3.63) is 0 Å². The minimum atomic E-state index is 0. The summed E-state index contributed by atoms with van der Waals surface area (Å²) in [5.41, 5.74) is 0. The second-order valence-electron chi connectivity index (χ2n) is 4.12. The molecule has 1 heterocycles. The third kappa shape index (κ3) is 9.42. The van der Waals surface area contributed by atoms with Crippen LogP contribution in [0.15, 0.2) is 4.99 Å². The second kappa shape index (κ2) is 12.9. The number of ether oxygens (including phenoxy) is 2. The number of hydrogen-bond donors (Lipinski definition) is 3. The Hall–Kier alpha value is -0.120. The Balaban J connectivity index is 0.00000324. The molecule has 0 aromatic rings. The van der Waals surface area contributed by atoms with E-state index in [1.807, 2.05) is 6.92 Å². The summed E-state index contributed by atoms with van der Waals surface area (Å²) in [4.78, 5) is 4.39. The van der Waals surface area contributed by atoms with Crippen molar-refractivity contribution < 1.29 is 14.6 Å². The van der Waals surface area contributed by atoms with Gasteiger partial charge in [0.05, 0.1) is 19.3 Å². The Bertz CT molecular complexity index is 236. The van der Waals surface area contributed by atoms with Crippen molar-refractivity contribution in [3.63, 3.8) is 0 Å². The molecule has 1 aliphatic heterocycles. The molecule has 7 heteroatoms. The third-order valence-corrected chi connectivity index (χ3v) is 2.56. The van der Waals surface area contributed by atoms with Crippen LogP contribution in [0.1, 0.15) is 19.8 Å². The van der Waals surface area contributed by atoms with Crippen LogP contribution in [0.4, 0.5) is 0 Å². The monoisotopic (exact) mass is 387 g/mol. The highest BCUT2D eigenvalue weighted by molar-refractivity contribution is 14.0. The van der Waals surface area contributed by atoms with Crippen LogP contribution in [0.3, 0.4) is 0 Å². The van der Waals surface area contributed by atoms with Gasteiger partial charge in [-0.1, -0.05) is 0 Å². The van der Waals surface area contributed by atoms with E-state index in [9.17, 15) is 0 Å². The Morgan fingerprint density at radius 3 is 2.95 bits per heavy atom. The summed E-state index contributed by atoms with van der Waals surface area (Å²) in [6, 6.07) is 0. The van der Waals surface area contributed by atoms with Gasteiger partial charge in [-0.3, -0.25) is 4.99 Å². The van der Waals surface area contributed by atoms with Crippen molar-refractivity contribution in [2.45, 2.75) is 25.9 Å². The zero-order chi connectivity index (χ0) is 13.1. The summed E-state index contributed by atoms with van der Waals surface area (Å²) in [5.74, 6) is 0.746. The maximum Gasteiger partial charge on any atom is 0.191 e. The first kappa shape index (κ1) is 18.9. The molecule has 0 amide bonds. The van der Waals surface area contributed by atoms with E-state index in [1.54, 1.807) is 0 Å². The molecule has 1 aliphatic rings. The highest BCUT2D eigenvalue weighted by atomic mass is 127. The highest BCUT2D eigenvalue weighted by Crippen LogP contribution is 2.07. The van der Waals surface area contributed by atoms with Crippen molar-refractivity contribution in [1.29, 1.82) is 0 Å². The van der Waals surface area contributed by atoms with Crippen LogP contribution in [0.2, 0.25) is 0 Å². The number of rotatable bonds is 8. The van der Waals surface area contributed by atoms with Crippen molar-refractivity contribution in [3.8, 4) is 0 Å². The number of nitrogens with zero attached hydrogens (tertiary/aromatic N) is 1. The maximum absolute atomic E-state index is 8.74. The smallest absolute Gasteiger partial charge is 0.191 e. The average Bonchev–Trinajstić information content (AvgIpc) is 2.88. The fourth-order valence-electron chi connectivity index (χ4n) is 1.67. The molecule has 114 valence electrons. The summed E-state index contributed by atoms with van der Waals surface area (Å²) >= 11 is 0. The quantitative estimate of drug-likeness (QED) is 0.243. The van der Waals surface area contributed by atoms with Gasteiger partial charge in [0.15, 0.2) is 5.96 Å². The molecule has 0 aromatic heterocycles. The maximum atomic E-state index is 8.74. The Kier molecular flexibility index (Phi) is 12.8. The first-order chi connectivity index (χ1) is 8.86. The van der Waals surface area contributed by atoms with Gasteiger partial charge in [-0.05, 0) is 19.8 Å². The molecular weight excluding hydrogens is 361 g/mol. The Labute approximate surface area is 132 Å². The van der Waals surface area contributed by atoms with Crippen molar-refractivity contribution in [2.24, 2.45) is 4.99 Å². The summed E-state index contributed by atoms with van der Waals surface area (Å²) in [6.45, 7) is 6.43. The molecule has 0 aromatic carbocycles. The molecule has 1 fully saturated rings. The minimum Gasteiger partial charge on any atom is -0.395 e. The number of nitrogens with one attached hydrogen (secondary N) is 2. The van der Waals surface area contributed by atoms with Gasteiger partial charge in [0, 0.05) is 32.8 Å². The lowest BCUT2D eigenvalue weighted by atomic mass is 10.3. The van der Waals surface area contributed by atoms with Crippen LogP contribution in [-0.2, 0) is 9.47 Å². The summed E-state index contributed by atoms with van der Waals surface area (Å²) in [5, 5.41) is 14.9. The van der Waals surface area contributed by atoms with E-state index in [2.05, 4.69) is 15.6 Å². The molecule has 6 nitrogen and oxygen atoms in total. The second-order valence-corrected chi connectivity index (χ2v) is 4.12. The molecule has 3 N–H and O–H groups in total. The Morgan fingerprint density at radius 2 is 2.32 bits per heavy atom. The van der Waals surface area contributed by atoms with Gasteiger partial charge in [0.1, 0.15) is 0 Å². The van der Waals surface area contributed by atoms with E-state index in [0.717, 1.165) is 45.2 Å². The molecule has 0 spiro atoms. The molecule has 1 atom stereocenters. The molecule has 0 radical (unpaired) electrons. The summed E-state index contributed by atoms with van der Waals surface area (Å²) in [6.07, 6.45) is 2.17. The SMILES string of the molecule is CCNC(=NCCCOC1CCOC1)NCCO.I. The van der Waals surface area contributed by atoms with Gasteiger partial charge >= 0.3 is 0 Å². The average molecular weight is 387 g/mol. The van der Waals surface area contributed by atoms with E-state index in [-0.39, 0.29) is 36.7 Å². The van der Waals surface area contributed by atoms with Crippen molar-refractivity contribution >= 4 is 29.9 Å². The van der Waals surface area contributed by atoms with Crippen molar-refractivity contribution in [2.75, 3.05) is 46.1 Å². The molecule has 19 heavy (non-hydrogen) atoms. The minimum absolute atomic E-state index is 0. The number of aliphatic imine (C=N–C) groups is 1. The third-order valence-electron chi connectivity index (χ3n) is 2.56. The van der Waals surface area contributed by atoms with Crippen LogP contribution >= 0.6 is 24.0 Å². The zero-order valence-corrected chi connectivity index (χ0v) is 13.9. The Morgan fingerprint density at radius 1 is 1.47 bits per heavy atom. The lowest BCUT2D eigenvalue weighted by Crippen LogP contribution is -2.38. The van der Waals surface area contributed by atoms with Crippen LogP contribution in [-0.4, -0.2) is 63.2 Å². The van der Waals surface area contributed by atoms with Gasteiger partial charge in [-0.15, -0.1) is 24.0 Å².